The maximum atomic E-state index is 12.5. The summed E-state index contributed by atoms with van der Waals surface area (Å²) in [5.41, 5.74) is 1.47. The van der Waals surface area contributed by atoms with E-state index in [2.05, 4.69) is 10.1 Å². The molecule has 0 saturated heterocycles. The molecule has 1 amide bonds. The zero-order valence-corrected chi connectivity index (χ0v) is 14.1. The molecule has 0 bridgehead atoms. The van der Waals surface area contributed by atoms with Crippen molar-refractivity contribution in [2.24, 2.45) is 0 Å². The van der Waals surface area contributed by atoms with Gasteiger partial charge in [-0.25, -0.2) is 0 Å². The van der Waals surface area contributed by atoms with Gasteiger partial charge >= 0.3 is 5.97 Å². The van der Waals surface area contributed by atoms with Crippen LogP contribution in [0.1, 0.15) is 28.8 Å². The minimum atomic E-state index is -0.899. The highest BCUT2D eigenvalue weighted by Crippen LogP contribution is 2.08. The van der Waals surface area contributed by atoms with Gasteiger partial charge in [-0.2, -0.15) is 0 Å². The number of carbonyl (C=O) groups is 3. The van der Waals surface area contributed by atoms with Crippen molar-refractivity contribution in [2.45, 2.75) is 25.3 Å². The van der Waals surface area contributed by atoms with Crippen LogP contribution >= 0.6 is 0 Å². The molecule has 0 fully saturated rings. The van der Waals surface area contributed by atoms with Gasteiger partial charge in [0.1, 0.15) is 0 Å². The molecule has 2 aromatic carbocycles. The normalized spacial score (nSPS) is 11.4. The Bertz CT molecular complexity index is 713. The second kappa shape index (κ2) is 9.37. The summed E-state index contributed by atoms with van der Waals surface area (Å²) in [6, 6.07) is 17.3. The van der Waals surface area contributed by atoms with Crippen molar-refractivity contribution < 1.29 is 19.1 Å². The standard InChI is InChI=1S/C20H21NO4/c1-25-19(23)14-17(21-20(24)16-10-6-3-7-11-16)18(22)13-12-15-8-4-2-5-9-15/h2-11,17H,12-14H2,1H3,(H,21,24). The molecule has 25 heavy (non-hydrogen) atoms. The third kappa shape index (κ3) is 5.88. The minimum Gasteiger partial charge on any atom is -0.469 e. The van der Waals surface area contributed by atoms with Crippen molar-refractivity contribution >= 4 is 17.7 Å². The highest BCUT2D eigenvalue weighted by atomic mass is 16.5. The molecule has 0 spiro atoms. The van der Waals surface area contributed by atoms with Crippen LogP contribution < -0.4 is 5.32 Å². The van der Waals surface area contributed by atoms with E-state index >= 15 is 0 Å². The van der Waals surface area contributed by atoms with E-state index in [4.69, 9.17) is 0 Å². The van der Waals surface area contributed by atoms with Crippen LogP contribution in [-0.2, 0) is 20.7 Å². The first kappa shape index (κ1) is 18.4. The lowest BCUT2D eigenvalue weighted by Crippen LogP contribution is -2.42. The van der Waals surface area contributed by atoms with Crippen molar-refractivity contribution in [3.05, 3.63) is 71.8 Å². The Morgan fingerprint density at radius 2 is 1.56 bits per heavy atom. The van der Waals surface area contributed by atoms with Gasteiger partial charge < -0.3 is 10.1 Å². The van der Waals surface area contributed by atoms with Crippen LogP contribution in [-0.4, -0.2) is 30.8 Å². The molecule has 5 heteroatoms. The number of benzene rings is 2. The lowest BCUT2D eigenvalue weighted by molar-refractivity contribution is -0.142. The number of methoxy groups -OCH3 is 1. The van der Waals surface area contributed by atoms with Crippen LogP contribution in [0.5, 0.6) is 0 Å². The number of ether oxygens (including phenoxy) is 1. The fourth-order valence-electron chi connectivity index (χ4n) is 2.41. The Morgan fingerprint density at radius 3 is 2.16 bits per heavy atom. The van der Waals surface area contributed by atoms with Gasteiger partial charge in [0.2, 0.25) is 0 Å². The molecule has 1 unspecified atom stereocenters. The fourth-order valence-corrected chi connectivity index (χ4v) is 2.41. The second-order valence-corrected chi connectivity index (χ2v) is 5.62. The van der Waals surface area contributed by atoms with Gasteiger partial charge in [-0.05, 0) is 24.1 Å². The average molecular weight is 339 g/mol. The second-order valence-electron chi connectivity index (χ2n) is 5.62. The smallest absolute Gasteiger partial charge is 0.308 e. The maximum absolute atomic E-state index is 12.5. The maximum Gasteiger partial charge on any atom is 0.308 e. The number of aryl methyl sites for hydroxylation is 1. The highest BCUT2D eigenvalue weighted by molar-refractivity contribution is 5.99. The molecular formula is C20H21NO4. The Balaban J connectivity index is 2.02. The fraction of sp³-hybridized carbons (Fsp3) is 0.250. The van der Waals surface area contributed by atoms with Crippen LogP contribution in [0, 0.1) is 0 Å². The predicted octanol–water partition coefficient (Wildman–Crippen LogP) is 2.55. The first-order valence-electron chi connectivity index (χ1n) is 8.09. The van der Waals surface area contributed by atoms with Crippen LogP contribution in [0.4, 0.5) is 0 Å². The summed E-state index contributed by atoms with van der Waals surface area (Å²) in [4.78, 5) is 36.4. The summed E-state index contributed by atoms with van der Waals surface area (Å²) in [6.07, 6.45) is 0.613. The molecule has 0 aliphatic rings. The summed E-state index contributed by atoms with van der Waals surface area (Å²) in [5.74, 6) is -1.12. The van der Waals surface area contributed by atoms with Gasteiger partial charge in [-0.3, -0.25) is 14.4 Å². The molecular weight excluding hydrogens is 318 g/mol. The van der Waals surface area contributed by atoms with Crippen LogP contribution in [0.15, 0.2) is 60.7 Å². The van der Waals surface area contributed by atoms with Gasteiger partial charge in [-0.15, -0.1) is 0 Å². The molecule has 0 heterocycles. The summed E-state index contributed by atoms with van der Waals surface area (Å²) in [6.45, 7) is 0. The van der Waals surface area contributed by atoms with Crippen LogP contribution in [0.3, 0.4) is 0 Å². The van der Waals surface area contributed by atoms with Crippen LogP contribution in [0.25, 0.3) is 0 Å². The summed E-state index contributed by atoms with van der Waals surface area (Å²) in [7, 11) is 1.26. The Hall–Kier alpha value is -2.95. The van der Waals surface area contributed by atoms with E-state index in [1.165, 1.54) is 7.11 Å². The molecule has 0 aromatic heterocycles. The minimum absolute atomic E-state index is 0.178. The van der Waals surface area contributed by atoms with Crippen LogP contribution in [0.2, 0.25) is 0 Å². The van der Waals surface area contributed by atoms with E-state index in [-0.39, 0.29) is 24.5 Å². The van der Waals surface area contributed by atoms with E-state index in [1.807, 2.05) is 30.3 Å². The number of amides is 1. The van der Waals surface area contributed by atoms with E-state index in [1.54, 1.807) is 30.3 Å². The summed E-state index contributed by atoms with van der Waals surface area (Å²) < 4.78 is 4.64. The first-order chi connectivity index (χ1) is 12.1. The Morgan fingerprint density at radius 1 is 0.960 bits per heavy atom. The SMILES string of the molecule is COC(=O)CC(NC(=O)c1ccccc1)C(=O)CCc1ccccc1. The summed E-state index contributed by atoms with van der Waals surface area (Å²) >= 11 is 0. The van der Waals surface area contributed by atoms with Crippen molar-refractivity contribution in [3.63, 3.8) is 0 Å². The van der Waals surface area contributed by atoms with Crippen molar-refractivity contribution in [2.75, 3.05) is 7.11 Å². The molecule has 0 aliphatic heterocycles. The monoisotopic (exact) mass is 339 g/mol. The zero-order chi connectivity index (χ0) is 18.1. The molecule has 2 rings (SSSR count). The van der Waals surface area contributed by atoms with E-state index in [9.17, 15) is 14.4 Å². The number of rotatable bonds is 8. The first-order valence-corrected chi connectivity index (χ1v) is 8.09. The molecule has 130 valence electrons. The number of esters is 1. The Labute approximate surface area is 147 Å². The number of hydrogen-bond donors (Lipinski definition) is 1. The predicted molar refractivity (Wildman–Crippen MR) is 94.1 cm³/mol. The molecule has 0 radical (unpaired) electrons. The zero-order valence-electron chi connectivity index (χ0n) is 14.1. The lowest BCUT2D eigenvalue weighted by atomic mass is 10.0. The van der Waals surface area contributed by atoms with Crippen molar-refractivity contribution in [1.82, 2.24) is 5.32 Å². The van der Waals surface area contributed by atoms with Gasteiger partial charge in [0.05, 0.1) is 19.6 Å². The molecule has 0 aliphatic carbocycles. The largest absolute Gasteiger partial charge is 0.469 e. The van der Waals surface area contributed by atoms with Gasteiger partial charge in [0.25, 0.3) is 5.91 Å². The third-order valence-corrected chi connectivity index (χ3v) is 3.83. The summed E-state index contributed by atoms with van der Waals surface area (Å²) in [5, 5.41) is 2.65. The molecule has 1 atom stereocenters. The van der Waals surface area contributed by atoms with Gasteiger partial charge in [0, 0.05) is 12.0 Å². The Kier molecular flexibility index (Phi) is 6.89. The number of Topliss-reactive ketones (excluding diaryl/α,β-unsaturated/α-hetero) is 1. The third-order valence-electron chi connectivity index (χ3n) is 3.83. The van der Waals surface area contributed by atoms with E-state index in [0.717, 1.165) is 5.56 Å². The number of hydrogen-bond acceptors (Lipinski definition) is 4. The average Bonchev–Trinajstić information content (AvgIpc) is 2.66. The molecule has 5 nitrogen and oxygen atoms in total. The molecule has 2 aromatic rings. The topological polar surface area (TPSA) is 72.5 Å². The molecule has 1 N–H and O–H groups in total. The van der Waals surface area contributed by atoms with Gasteiger partial charge in [0.15, 0.2) is 5.78 Å². The number of carbonyl (C=O) groups excluding carboxylic acids is 3. The number of nitrogens with one attached hydrogen (secondary N) is 1. The quantitative estimate of drug-likeness (QED) is 0.750. The molecule has 0 saturated carbocycles. The number of ketones is 1. The van der Waals surface area contributed by atoms with Crippen molar-refractivity contribution in [1.29, 1.82) is 0 Å². The van der Waals surface area contributed by atoms with Crippen molar-refractivity contribution in [3.8, 4) is 0 Å². The lowest BCUT2D eigenvalue weighted by Gasteiger charge is -2.17. The van der Waals surface area contributed by atoms with E-state index < -0.39 is 12.0 Å². The highest BCUT2D eigenvalue weighted by Gasteiger charge is 2.24. The van der Waals surface area contributed by atoms with Gasteiger partial charge in [-0.1, -0.05) is 48.5 Å². The van der Waals surface area contributed by atoms with E-state index in [0.29, 0.717) is 12.0 Å².